The van der Waals surface area contributed by atoms with Crippen LogP contribution in [0, 0.1) is 5.92 Å². The van der Waals surface area contributed by atoms with E-state index in [1.807, 2.05) is 25.1 Å². The average molecular weight is 331 g/mol. The van der Waals surface area contributed by atoms with Crippen LogP contribution in [0.5, 0.6) is 11.5 Å². The van der Waals surface area contributed by atoms with Gasteiger partial charge in [0.05, 0.1) is 19.3 Å². The Bertz CT molecular complexity index is 630. The Hall–Kier alpha value is -2.21. The van der Waals surface area contributed by atoms with Crippen molar-refractivity contribution in [1.82, 2.24) is 0 Å². The fraction of sp³-hybridized carbons (Fsp3) is 0.500. The molecule has 0 spiro atoms. The SMILES string of the molecule is C=C(C)C1OCCC1CN=C(N)Nc1ccc2c(c1)OCCCO2. The van der Waals surface area contributed by atoms with Crippen molar-refractivity contribution in [1.29, 1.82) is 0 Å². The molecule has 1 saturated heterocycles. The Morgan fingerprint density at radius 3 is 2.88 bits per heavy atom. The maximum atomic E-state index is 6.02. The monoisotopic (exact) mass is 331 g/mol. The number of ether oxygens (including phenoxy) is 3. The number of benzene rings is 1. The summed E-state index contributed by atoms with van der Waals surface area (Å²) in [6.45, 7) is 8.69. The standard InChI is InChI=1S/C18H25N3O3/c1-12(2)17-13(6-9-24-17)11-20-18(19)21-14-4-5-15-16(10-14)23-8-3-7-22-15/h4-5,10,13,17H,1,3,6-9,11H2,2H3,(H3,19,20,21). The second-order valence-corrected chi connectivity index (χ2v) is 6.25. The summed E-state index contributed by atoms with van der Waals surface area (Å²) in [6.07, 6.45) is 1.95. The van der Waals surface area contributed by atoms with Crippen LogP contribution < -0.4 is 20.5 Å². The van der Waals surface area contributed by atoms with E-state index < -0.39 is 0 Å². The molecule has 2 atom stereocenters. The van der Waals surface area contributed by atoms with Crippen LogP contribution in [0.1, 0.15) is 19.8 Å². The summed E-state index contributed by atoms with van der Waals surface area (Å²) in [5.41, 5.74) is 7.89. The normalized spacial score (nSPS) is 23.6. The smallest absolute Gasteiger partial charge is 0.193 e. The molecule has 24 heavy (non-hydrogen) atoms. The van der Waals surface area contributed by atoms with Gasteiger partial charge in [0.1, 0.15) is 0 Å². The molecule has 6 nitrogen and oxygen atoms in total. The number of fused-ring (bicyclic) bond motifs is 1. The van der Waals surface area contributed by atoms with E-state index in [1.165, 1.54) is 0 Å². The van der Waals surface area contributed by atoms with E-state index in [0.717, 1.165) is 42.2 Å². The van der Waals surface area contributed by atoms with Gasteiger partial charge in [-0.3, -0.25) is 4.99 Å². The Labute approximate surface area is 142 Å². The van der Waals surface area contributed by atoms with Gasteiger partial charge in [0.25, 0.3) is 0 Å². The van der Waals surface area contributed by atoms with Crippen LogP contribution in [0.4, 0.5) is 5.69 Å². The first-order chi connectivity index (χ1) is 11.6. The lowest BCUT2D eigenvalue weighted by molar-refractivity contribution is 0.120. The summed E-state index contributed by atoms with van der Waals surface area (Å²) in [7, 11) is 0. The zero-order valence-corrected chi connectivity index (χ0v) is 14.1. The van der Waals surface area contributed by atoms with Gasteiger partial charge in [0, 0.05) is 37.2 Å². The van der Waals surface area contributed by atoms with Crippen LogP contribution >= 0.6 is 0 Å². The lowest BCUT2D eigenvalue weighted by atomic mass is 9.97. The molecule has 1 aromatic rings. The minimum Gasteiger partial charge on any atom is -0.490 e. The van der Waals surface area contributed by atoms with E-state index >= 15 is 0 Å². The van der Waals surface area contributed by atoms with Crippen molar-refractivity contribution in [3.8, 4) is 11.5 Å². The van der Waals surface area contributed by atoms with Crippen molar-refractivity contribution in [2.24, 2.45) is 16.6 Å². The molecule has 3 rings (SSSR count). The minimum atomic E-state index is 0.0830. The predicted octanol–water partition coefficient (Wildman–Crippen LogP) is 2.56. The average Bonchev–Trinajstić information content (AvgIpc) is 2.91. The van der Waals surface area contributed by atoms with E-state index in [0.29, 0.717) is 31.6 Å². The Morgan fingerprint density at radius 2 is 2.08 bits per heavy atom. The number of rotatable bonds is 4. The fourth-order valence-corrected chi connectivity index (χ4v) is 3.01. The maximum Gasteiger partial charge on any atom is 0.193 e. The summed E-state index contributed by atoms with van der Waals surface area (Å²) in [5.74, 6) is 2.22. The van der Waals surface area contributed by atoms with Crippen LogP contribution in [-0.2, 0) is 4.74 Å². The lowest BCUT2D eigenvalue weighted by Gasteiger charge is -2.17. The van der Waals surface area contributed by atoms with Crippen LogP contribution in [0.15, 0.2) is 35.3 Å². The zero-order valence-electron chi connectivity index (χ0n) is 14.1. The third-order valence-electron chi connectivity index (χ3n) is 4.22. The molecule has 2 aliphatic heterocycles. The molecule has 0 bridgehead atoms. The Kier molecular flexibility index (Phi) is 5.25. The van der Waals surface area contributed by atoms with Gasteiger partial charge in [-0.25, -0.2) is 0 Å². The topological polar surface area (TPSA) is 78.1 Å². The molecule has 6 heteroatoms. The van der Waals surface area contributed by atoms with E-state index in [9.17, 15) is 0 Å². The second-order valence-electron chi connectivity index (χ2n) is 6.25. The van der Waals surface area contributed by atoms with Gasteiger partial charge < -0.3 is 25.3 Å². The predicted molar refractivity (Wildman–Crippen MR) is 94.8 cm³/mol. The molecule has 1 aromatic carbocycles. The van der Waals surface area contributed by atoms with Gasteiger partial charge in [0.15, 0.2) is 17.5 Å². The van der Waals surface area contributed by atoms with Crippen molar-refractivity contribution in [3.05, 3.63) is 30.4 Å². The summed E-state index contributed by atoms with van der Waals surface area (Å²) < 4.78 is 17.0. The molecule has 3 N–H and O–H groups in total. The van der Waals surface area contributed by atoms with Crippen molar-refractivity contribution in [2.45, 2.75) is 25.9 Å². The molecule has 1 fully saturated rings. The highest BCUT2D eigenvalue weighted by Gasteiger charge is 2.28. The van der Waals surface area contributed by atoms with Crippen molar-refractivity contribution < 1.29 is 14.2 Å². The van der Waals surface area contributed by atoms with E-state index in [4.69, 9.17) is 19.9 Å². The Morgan fingerprint density at radius 1 is 1.29 bits per heavy atom. The fourth-order valence-electron chi connectivity index (χ4n) is 3.01. The van der Waals surface area contributed by atoms with Crippen LogP contribution in [0.3, 0.4) is 0 Å². The quantitative estimate of drug-likeness (QED) is 0.504. The summed E-state index contributed by atoms with van der Waals surface area (Å²) in [5, 5.41) is 3.11. The highest BCUT2D eigenvalue weighted by molar-refractivity contribution is 5.92. The first-order valence-corrected chi connectivity index (χ1v) is 8.37. The zero-order chi connectivity index (χ0) is 16.9. The number of hydrogen-bond donors (Lipinski definition) is 2. The molecule has 2 heterocycles. The highest BCUT2D eigenvalue weighted by atomic mass is 16.5. The lowest BCUT2D eigenvalue weighted by Crippen LogP contribution is -2.26. The van der Waals surface area contributed by atoms with Gasteiger partial charge in [-0.05, 0) is 25.5 Å². The number of hydrogen-bond acceptors (Lipinski definition) is 4. The van der Waals surface area contributed by atoms with Crippen LogP contribution in [0.2, 0.25) is 0 Å². The summed E-state index contributed by atoms with van der Waals surface area (Å²) in [6, 6.07) is 5.68. The van der Waals surface area contributed by atoms with Crippen LogP contribution in [0.25, 0.3) is 0 Å². The van der Waals surface area contributed by atoms with E-state index in [2.05, 4.69) is 16.9 Å². The number of anilines is 1. The largest absolute Gasteiger partial charge is 0.490 e. The molecular weight excluding hydrogens is 306 g/mol. The number of nitrogens with one attached hydrogen (secondary N) is 1. The molecule has 0 radical (unpaired) electrons. The molecule has 0 aromatic heterocycles. The second kappa shape index (κ2) is 7.57. The molecular formula is C18H25N3O3. The third kappa shape index (κ3) is 4.00. The molecule has 0 amide bonds. The first-order valence-electron chi connectivity index (χ1n) is 8.37. The number of nitrogens with two attached hydrogens (primary N) is 1. The van der Waals surface area contributed by atoms with Gasteiger partial charge in [-0.15, -0.1) is 0 Å². The molecule has 2 unspecified atom stereocenters. The molecule has 2 aliphatic rings. The van der Waals surface area contributed by atoms with E-state index in [1.54, 1.807) is 0 Å². The third-order valence-corrected chi connectivity index (χ3v) is 4.22. The van der Waals surface area contributed by atoms with Gasteiger partial charge >= 0.3 is 0 Å². The van der Waals surface area contributed by atoms with E-state index in [-0.39, 0.29) is 6.10 Å². The molecule has 0 aliphatic carbocycles. The Balaban J connectivity index is 1.61. The highest BCUT2D eigenvalue weighted by Crippen LogP contribution is 2.32. The van der Waals surface area contributed by atoms with Gasteiger partial charge in [-0.1, -0.05) is 12.2 Å². The van der Waals surface area contributed by atoms with Crippen molar-refractivity contribution in [2.75, 3.05) is 31.7 Å². The van der Waals surface area contributed by atoms with Crippen molar-refractivity contribution >= 4 is 11.6 Å². The summed E-state index contributed by atoms with van der Waals surface area (Å²) >= 11 is 0. The van der Waals surface area contributed by atoms with Gasteiger partial charge in [0.2, 0.25) is 0 Å². The summed E-state index contributed by atoms with van der Waals surface area (Å²) in [4.78, 5) is 4.45. The first kappa shape index (κ1) is 16.6. The molecule has 0 saturated carbocycles. The number of guanidine groups is 1. The maximum absolute atomic E-state index is 6.02. The number of aliphatic imine (C=N–C) groups is 1. The van der Waals surface area contributed by atoms with Crippen LogP contribution in [-0.4, -0.2) is 38.4 Å². The minimum absolute atomic E-state index is 0.0830. The molecule has 130 valence electrons. The van der Waals surface area contributed by atoms with Gasteiger partial charge in [-0.2, -0.15) is 0 Å². The van der Waals surface area contributed by atoms with Crippen molar-refractivity contribution in [3.63, 3.8) is 0 Å². The number of nitrogens with zero attached hydrogens (tertiary/aromatic N) is 1.